The molecule has 0 bridgehead atoms. The van der Waals surface area contributed by atoms with E-state index in [1.807, 2.05) is 29.2 Å². The SMILES string of the molecule is O=C1OC2(CCCN(C(=O)CCc3c4ccccc4cc4ccccc34)C2)c2ccccc21. The number of ether oxygens (including phenoxy) is 1. The number of carbonyl (C=O) groups excluding carboxylic acids is 2. The van der Waals surface area contributed by atoms with E-state index < -0.39 is 5.60 Å². The molecule has 164 valence electrons. The summed E-state index contributed by atoms with van der Waals surface area (Å²) in [5, 5.41) is 4.81. The van der Waals surface area contributed by atoms with Crippen molar-refractivity contribution in [2.75, 3.05) is 13.1 Å². The van der Waals surface area contributed by atoms with E-state index in [0.717, 1.165) is 18.4 Å². The third-order valence-corrected chi connectivity index (χ3v) is 7.21. The molecule has 4 aromatic rings. The summed E-state index contributed by atoms with van der Waals surface area (Å²) in [6, 6.07) is 26.6. The van der Waals surface area contributed by atoms with Gasteiger partial charge >= 0.3 is 5.97 Å². The van der Waals surface area contributed by atoms with E-state index in [0.29, 0.717) is 31.5 Å². The molecule has 4 aromatic carbocycles. The molecular formula is C29H25NO3. The van der Waals surface area contributed by atoms with Crippen LogP contribution < -0.4 is 0 Å². The highest BCUT2D eigenvalue weighted by atomic mass is 16.6. The maximum Gasteiger partial charge on any atom is 0.339 e. The second kappa shape index (κ2) is 7.73. The summed E-state index contributed by atoms with van der Waals surface area (Å²) in [5.74, 6) is -0.159. The van der Waals surface area contributed by atoms with Crippen LogP contribution in [0.1, 0.15) is 40.7 Å². The third kappa shape index (κ3) is 3.29. The number of amides is 1. The van der Waals surface area contributed by atoms with Crippen molar-refractivity contribution in [1.82, 2.24) is 4.90 Å². The summed E-state index contributed by atoms with van der Waals surface area (Å²) in [6.45, 7) is 1.14. The van der Waals surface area contributed by atoms with Crippen molar-refractivity contribution < 1.29 is 14.3 Å². The standard InChI is InChI=1S/C29H25NO3/c31-27(30-17-7-16-29(19-30)26-13-6-5-12-25(26)28(32)33-29)15-14-24-22-10-3-1-8-20(22)18-21-9-2-4-11-23(21)24/h1-6,8-13,18H,7,14-17,19H2. The number of nitrogens with zero attached hydrogens (tertiary/aromatic N) is 1. The zero-order valence-electron chi connectivity index (χ0n) is 18.4. The number of benzene rings is 4. The van der Waals surface area contributed by atoms with E-state index >= 15 is 0 Å². The number of hydrogen-bond donors (Lipinski definition) is 0. The Morgan fingerprint density at radius 1 is 0.909 bits per heavy atom. The first kappa shape index (κ1) is 20.0. The number of hydrogen-bond acceptors (Lipinski definition) is 3. The third-order valence-electron chi connectivity index (χ3n) is 7.21. The Bertz CT molecular complexity index is 1350. The lowest BCUT2D eigenvalue weighted by Crippen LogP contribution is -2.48. The summed E-state index contributed by atoms with van der Waals surface area (Å²) >= 11 is 0. The smallest absolute Gasteiger partial charge is 0.339 e. The Balaban J connectivity index is 1.27. The van der Waals surface area contributed by atoms with Crippen LogP contribution in [0.5, 0.6) is 0 Å². The molecule has 6 rings (SSSR count). The number of aryl methyl sites for hydroxylation is 1. The molecule has 2 heterocycles. The van der Waals surface area contributed by atoms with E-state index in [1.54, 1.807) is 0 Å². The van der Waals surface area contributed by atoms with Gasteiger partial charge in [-0.2, -0.15) is 0 Å². The Labute approximate surface area is 192 Å². The molecule has 1 amide bonds. The fraction of sp³-hybridized carbons (Fsp3) is 0.241. The predicted octanol–water partition coefficient (Wildman–Crippen LogP) is 5.61. The summed E-state index contributed by atoms with van der Waals surface area (Å²) < 4.78 is 5.89. The van der Waals surface area contributed by atoms with Crippen LogP contribution in [0.2, 0.25) is 0 Å². The number of piperidine rings is 1. The minimum absolute atomic E-state index is 0.117. The monoisotopic (exact) mass is 435 g/mol. The van der Waals surface area contributed by atoms with E-state index in [2.05, 4.69) is 54.6 Å². The second-order valence-corrected chi connectivity index (χ2v) is 9.15. The number of likely N-dealkylation sites (tertiary alicyclic amines) is 1. The van der Waals surface area contributed by atoms with Crippen LogP contribution in [0.4, 0.5) is 0 Å². The molecule has 1 unspecified atom stereocenters. The predicted molar refractivity (Wildman–Crippen MR) is 129 cm³/mol. The highest BCUT2D eigenvalue weighted by Crippen LogP contribution is 2.43. The fourth-order valence-corrected chi connectivity index (χ4v) is 5.65. The average Bonchev–Trinajstić information content (AvgIpc) is 3.12. The highest BCUT2D eigenvalue weighted by Gasteiger charge is 2.48. The minimum Gasteiger partial charge on any atom is -0.449 e. The van der Waals surface area contributed by atoms with Crippen molar-refractivity contribution in [3.05, 3.63) is 95.6 Å². The van der Waals surface area contributed by atoms with Crippen molar-refractivity contribution in [3.63, 3.8) is 0 Å². The Morgan fingerprint density at radius 3 is 2.33 bits per heavy atom. The fourth-order valence-electron chi connectivity index (χ4n) is 5.65. The van der Waals surface area contributed by atoms with Gasteiger partial charge in [0.15, 0.2) is 5.60 Å². The topological polar surface area (TPSA) is 46.6 Å². The van der Waals surface area contributed by atoms with E-state index in [-0.39, 0.29) is 11.9 Å². The Hall–Kier alpha value is -3.66. The molecule has 1 saturated heterocycles. The molecule has 0 radical (unpaired) electrons. The first-order valence-corrected chi connectivity index (χ1v) is 11.6. The van der Waals surface area contributed by atoms with Gasteiger partial charge in [0.05, 0.1) is 12.1 Å². The quantitative estimate of drug-likeness (QED) is 0.310. The zero-order chi connectivity index (χ0) is 22.4. The summed E-state index contributed by atoms with van der Waals surface area (Å²) in [7, 11) is 0. The molecule has 4 heteroatoms. The maximum atomic E-state index is 13.4. The molecule has 0 aliphatic carbocycles. The molecule has 0 saturated carbocycles. The van der Waals surface area contributed by atoms with Gasteiger partial charge in [0, 0.05) is 18.5 Å². The van der Waals surface area contributed by atoms with E-state index in [4.69, 9.17) is 4.74 Å². The van der Waals surface area contributed by atoms with Gasteiger partial charge in [0.25, 0.3) is 0 Å². The van der Waals surface area contributed by atoms with Crippen molar-refractivity contribution in [3.8, 4) is 0 Å². The molecule has 4 nitrogen and oxygen atoms in total. The van der Waals surface area contributed by atoms with Crippen molar-refractivity contribution >= 4 is 33.4 Å². The van der Waals surface area contributed by atoms with E-state index in [9.17, 15) is 9.59 Å². The van der Waals surface area contributed by atoms with Gasteiger partial charge in [-0.25, -0.2) is 4.79 Å². The molecule has 1 spiro atoms. The van der Waals surface area contributed by atoms with E-state index in [1.165, 1.54) is 27.1 Å². The second-order valence-electron chi connectivity index (χ2n) is 9.15. The van der Waals surface area contributed by atoms with Crippen LogP contribution in [0.3, 0.4) is 0 Å². The van der Waals surface area contributed by atoms with Crippen LogP contribution in [0, 0.1) is 0 Å². The Kier molecular flexibility index (Phi) is 4.68. The first-order valence-electron chi connectivity index (χ1n) is 11.6. The first-order chi connectivity index (χ1) is 16.1. The molecular weight excluding hydrogens is 410 g/mol. The molecule has 33 heavy (non-hydrogen) atoms. The minimum atomic E-state index is -0.701. The van der Waals surface area contributed by atoms with Crippen LogP contribution >= 0.6 is 0 Å². The summed E-state index contributed by atoms with van der Waals surface area (Å²) in [5.41, 5.74) is 2.08. The molecule has 1 fully saturated rings. The Morgan fingerprint density at radius 2 is 1.58 bits per heavy atom. The van der Waals surface area contributed by atoms with Gasteiger partial charge in [0.2, 0.25) is 5.91 Å². The number of rotatable bonds is 3. The largest absolute Gasteiger partial charge is 0.449 e. The van der Waals surface area contributed by atoms with Crippen molar-refractivity contribution in [2.45, 2.75) is 31.3 Å². The van der Waals surface area contributed by atoms with Gasteiger partial charge in [-0.1, -0.05) is 66.7 Å². The normalized spacial score (nSPS) is 19.8. The van der Waals surface area contributed by atoms with Gasteiger partial charge in [0.1, 0.15) is 0 Å². The maximum absolute atomic E-state index is 13.4. The van der Waals surface area contributed by atoms with Crippen LogP contribution in [-0.2, 0) is 21.6 Å². The summed E-state index contributed by atoms with van der Waals surface area (Å²) in [6.07, 6.45) is 2.70. The molecule has 0 aromatic heterocycles. The number of fused-ring (bicyclic) bond motifs is 4. The lowest BCUT2D eigenvalue weighted by atomic mass is 9.85. The molecule has 0 N–H and O–H groups in total. The van der Waals surface area contributed by atoms with Gasteiger partial charge in [-0.15, -0.1) is 0 Å². The van der Waals surface area contributed by atoms with Crippen LogP contribution in [-0.4, -0.2) is 29.9 Å². The lowest BCUT2D eigenvalue weighted by Gasteiger charge is -2.39. The zero-order valence-corrected chi connectivity index (χ0v) is 18.4. The molecule has 2 aliphatic heterocycles. The van der Waals surface area contributed by atoms with Crippen LogP contribution in [0.25, 0.3) is 21.5 Å². The van der Waals surface area contributed by atoms with Crippen molar-refractivity contribution in [2.24, 2.45) is 0 Å². The summed E-state index contributed by atoms with van der Waals surface area (Å²) in [4.78, 5) is 27.7. The van der Waals surface area contributed by atoms with Gasteiger partial charge < -0.3 is 9.64 Å². The number of esters is 1. The van der Waals surface area contributed by atoms with Gasteiger partial charge in [-0.3, -0.25) is 4.79 Å². The van der Waals surface area contributed by atoms with Crippen LogP contribution in [0.15, 0.2) is 78.9 Å². The van der Waals surface area contributed by atoms with Gasteiger partial charge in [-0.05, 0) is 58.5 Å². The number of carbonyl (C=O) groups is 2. The lowest BCUT2D eigenvalue weighted by molar-refractivity contribution is -0.138. The average molecular weight is 436 g/mol. The molecule has 2 aliphatic rings. The highest BCUT2D eigenvalue weighted by molar-refractivity contribution is 6.02. The van der Waals surface area contributed by atoms with Crippen molar-refractivity contribution in [1.29, 1.82) is 0 Å². The molecule has 1 atom stereocenters.